The predicted octanol–water partition coefficient (Wildman–Crippen LogP) is 2.69. The molecule has 0 radical (unpaired) electrons. The number of hydrogen-bond acceptors (Lipinski definition) is 6. The van der Waals surface area contributed by atoms with Gasteiger partial charge in [0.1, 0.15) is 18.2 Å². The maximum absolute atomic E-state index is 12.9. The molecule has 0 amide bonds. The van der Waals surface area contributed by atoms with Crippen LogP contribution < -0.4 is 0 Å². The first-order valence-electron chi connectivity index (χ1n) is 7.99. The van der Waals surface area contributed by atoms with Gasteiger partial charge in [0.05, 0.1) is 18.6 Å². The van der Waals surface area contributed by atoms with Crippen LogP contribution in [0.3, 0.4) is 0 Å². The maximum atomic E-state index is 12.9. The number of allylic oxidation sites excluding steroid dienone is 1. The fraction of sp³-hybridized carbons (Fsp3) is 0.389. The highest BCUT2D eigenvalue weighted by atomic mass is 16.5. The summed E-state index contributed by atoms with van der Waals surface area (Å²) in [5.74, 6) is -0.127. The van der Waals surface area contributed by atoms with Crippen molar-refractivity contribution in [2.75, 3.05) is 6.61 Å². The van der Waals surface area contributed by atoms with Crippen molar-refractivity contribution in [2.45, 2.75) is 34.6 Å². The molecular weight excluding hydrogens is 320 g/mol. The highest BCUT2D eigenvalue weighted by molar-refractivity contribution is 6.27. The molecule has 0 aliphatic heterocycles. The third-order valence-electron chi connectivity index (χ3n) is 3.51. The molecule has 0 aliphatic carbocycles. The molecule has 0 bridgehead atoms. The Labute approximate surface area is 146 Å². The van der Waals surface area contributed by atoms with E-state index in [-0.39, 0.29) is 11.4 Å². The van der Waals surface area contributed by atoms with Gasteiger partial charge in [-0.2, -0.15) is 5.10 Å². The van der Waals surface area contributed by atoms with Crippen LogP contribution in [0.2, 0.25) is 0 Å². The van der Waals surface area contributed by atoms with Gasteiger partial charge in [0, 0.05) is 11.0 Å². The molecule has 0 aliphatic rings. The van der Waals surface area contributed by atoms with Gasteiger partial charge in [0.15, 0.2) is 11.6 Å². The largest absolute Gasteiger partial charge is 0.501 e. The van der Waals surface area contributed by atoms with Gasteiger partial charge in [-0.3, -0.25) is 9.59 Å². The van der Waals surface area contributed by atoms with Gasteiger partial charge in [-0.15, -0.1) is 0 Å². The Morgan fingerprint density at radius 3 is 2.52 bits per heavy atom. The molecule has 0 unspecified atom stereocenters. The van der Waals surface area contributed by atoms with E-state index in [1.54, 1.807) is 46.8 Å². The normalized spacial score (nSPS) is 12.1. The van der Waals surface area contributed by atoms with Crippen LogP contribution in [0, 0.1) is 12.3 Å². The average Bonchev–Trinajstić information content (AvgIpc) is 3.08. The SMILES string of the molecule is CCO/C=C(/C(=O)c1ccc(-n2cncn2)nc1C)C(=O)C(C)(C)C. The molecule has 0 saturated carbocycles. The van der Waals surface area contributed by atoms with Crippen molar-refractivity contribution >= 4 is 11.6 Å². The van der Waals surface area contributed by atoms with E-state index in [4.69, 9.17) is 4.74 Å². The summed E-state index contributed by atoms with van der Waals surface area (Å²) in [5.41, 5.74) is 0.183. The van der Waals surface area contributed by atoms with E-state index in [0.717, 1.165) is 0 Å². The Balaban J connectivity index is 2.41. The van der Waals surface area contributed by atoms with Crippen molar-refractivity contribution in [1.82, 2.24) is 19.7 Å². The number of carbonyl (C=O) groups excluding carboxylic acids is 2. The second kappa shape index (κ2) is 7.38. The average molecular weight is 342 g/mol. The van der Waals surface area contributed by atoms with E-state index in [9.17, 15) is 9.59 Å². The molecule has 132 valence electrons. The van der Waals surface area contributed by atoms with Crippen molar-refractivity contribution < 1.29 is 14.3 Å². The highest BCUT2D eigenvalue weighted by Gasteiger charge is 2.31. The summed E-state index contributed by atoms with van der Waals surface area (Å²) in [6.07, 6.45) is 4.18. The number of aromatic nitrogens is 4. The van der Waals surface area contributed by atoms with Crippen LogP contribution in [-0.2, 0) is 9.53 Å². The molecule has 25 heavy (non-hydrogen) atoms. The number of ether oxygens (including phenoxy) is 1. The number of hydrogen-bond donors (Lipinski definition) is 0. The molecule has 7 heteroatoms. The number of carbonyl (C=O) groups is 2. The van der Waals surface area contributed by atoms with Gasteiger partial charge < -0.3 is 4.74 Å². The van der Waals surface area contributed by atoms with Gasteiger partial charge in [-0.1, -0.05) is 20.8 Å². The van der Waals surface area contributed by atoms with E-state index in [0.29, 0.717) is 23.7 Å². The highest BCUT2D eigenvalue weighted by Crippen LogP contribution is 2.24. The monoisotopic (exact) mass is 342 g/mol. The van der Waals surface area contributed by atoms with E-state index >= 15 is 0 Å². The Hall–Kier alpha value is -2.83. The van der Waals surface area contributed by atoms with E-state index < -0.39 is 11.2 Å². The molecule has 7 nitrogen and oxygen atoms in total. The molecule has 0 N–H and O–H groups in total. The zero-order chi connectivity index (χ0) is 18.6. The Morgan fingerprint density at radius 2 is 2.00 bits per heavy atom. The first-order chi connectivity index (χ1) is 11.8. The summed E-state index contributed by atoms with van der Waals surface area (Å²) in [6.45, 7) is 9.17. The Kier molecular flexibility index (Phi) is 5.46. The Morgan fingerprint density at radius 1 is 1.28 bits per heavy atom. The number of nitrogens with zero attached hydrogens (tertiary/aromatic N) is 4. The number of ketones is 2. The molecule has 2 aromatic rings. The lowest BCUT2D eigenvalue weighted by molar-refractivity contribution is -0.122. The Bertz CT molecular complexity index is 802. The first kappa shape index (κ1) is 18.5. The summed E-state index contributed by atoms with van der Waals surface area (Å²) in [4.78, 5) is 33.8. The lowest BCUT2D eigenvalue weighted by atomic mass is 9.84. The molecule has 0 saturated heterocycles. The van der Waals surface area contributed by atoms with Crippen LogP contribution in [0.15, 0.2) is 36.6 Å². The molecule has 2 rings (SSSR count). The molecule has 0 atom stereocenters. The molecule has 0 spiro atoms. The minimum absolute atomic E-state index is 0.0211. The zero-order valence-electron chi connectivity index (χ0n) is 15.1. The van der Waals surface area contributed by atoms with Gasteiger partial charge >= 0.3 is 0 Å². The van der Waals surface area contributed by atoms with E-state index in [2.05, 4.69) is 15.1 Å². The zero-order valence-corrected chi connectivity index (χ0v) is 15.1. The number of pyridine rings is 1. The lowest BCUT2D eigenvalue weighted by Crippen LogP contribution is -2.27. The quantitative estimate of drug-likeness (QED) is 0.264. The van der Waals surface area contributed by atoms with E-state index in [1.807, 2.05) is 0 Å². The van der Waals surface area contributed by atoms with Gasteiger partial charge in [0.2, 0.25) is 5.78 Å². The van der Waals surface area contributed by atoms with Gasteiger partial charge in [-0.25, -0.2) is 14.6 Å². The van der Waals surface area contributed by atoms with Crippen LogP contribution in [0.5, 0.6) is 0 Å². The number of rotatable bonds is 6. The second-order valence-corrected chi connectivity index (χ2v) is 6.54. The fourth-order valence-electron chi connectivity index (χ4n) is 2.17. The minimum Gasteiger partial charge on any atom is -0.501 e. The standard InChI is InChI=1S/C18H22N4O3/c1-6-25-9-14(17(24)18(3,4)5)16(23)13-7-8-15(21-12(13)2)22-11-19-10-20-22/h7-11H,6H2,1-5H3/b14-9-. The lowest BCUT2D eigenvalue weighted by Gasteiger charge is -2.18. The third kappa shape index (κ3) is 4.17. The van der Waals surface area contributed by atoms with Gasteiger partial charge in [0.25, 0.3) is 0 Å². The molecule has 0 aromatic carbocycles. The fourth-order valence-corrected chi connectivity index (χ4v) is 2.17. The maximum Gasteiger partial charge on any atom is 0.201 e. The van der Waals surface area contributed by atoms with Crippen LogP contribution >= 0.6 is 0 Å². The van der Waals surface area contributed by atoms with Crippen molar-refractivity contribution in [3.05, 3.63) is 47.9 Å². The van der Waals surface area contributed by atoms with Crippen LogP contribution in [-0.4, -0.2) is 37.9 Å². The predicted molar refractivity (Wildman–Crippen MR) is 92.4 cm³/mol. The molecule has 2 aromatic heterocycles. The van der Waals surface area contributed by atoms with Gasteiger partial charge in [-0.05, 0) is 26.0 Å². The number of aryl methyl sites for hydroxylation is 1. The van der Waals surface area contributed by atoms with Crippen LogP contribution in [0.25, 0.3) is 5.82 Å². The topological polar surface area (TPSA) is 87.0 Å². The summed E-state index contributed by atoms with van der Waals surface area (Å²) in [6, 6.07) is 3.30. The summed E-state index contributed by atoms with van der Waals surface area (Å²) >= 11 is 0. The third-order valence-corrected chi connectivity index (χ3v) is 3.51. The second-order valence-electron chi connectivity index (χ2n) is 6.54. The minimum atomic E-state index is -0.694. The summed E-state index contributed by atoms with van der Waals surface area (Å²) in [7, 11) is 0. The molecular formula is C18H22N4O3. The molecule has 2 heterocycles. The van der Waals surface area contributed by atoms with E-state index in [1.165, 1.54) is 23.6 Å². The van der Waals surface area contributed by atoms with Crippen LogP contribution in [0.4, 0.5) is 0 Å². The summed E-state index contributed by atoms with van der Waals surface area (Å²) < 4.78 is 6.73. The smallest absolute Gasteiger partial charge is 0.201 e. The van der Waals surface area contributed by atoms with Crippen molar-refractivity contribution in [1.29, 1.82) is 0 Å². The molecule has 0 fully saturated rings. The van der Waals surface area contributed by atoms with Crippen molar-refractivity contribution in [3.8, 4) is 5.82 Å². The van der Waals surface area contributed by atoms with Crippen molar-refractivity contribution in [3.63, 3.8) is 0 Å². The first-order valence-corrected chi connectivity index (χ1v) is 7.99. The number of Topliss-reactive ketones (excluding diaryl/α,β-unsaturated/α-hetero) is 2. The van der Waals surface area contributed by atoms with Crippen LogP contribution in [0.1, 0.15) is 43.7 Å². The summed E-state index contributed by atoms with van der Waals surface area (Å²) in [5, 5.41) is 4.01. The van der Waals surface area contributed by atoms with Crippen molar-refractivity contribution in [2.24, 2.45) is 5.41 Å².